The second kappa shape index (κ2) is 11.1. The Bertz CT molecular complexity index is 913. The summed E-state index contributed by atoms with van der Waals surface area (Å²) in [4.78, 5) is 16.0. The van der Waals surface area contributed by atoms with Gasteiger partial charge in [0.15, 0.2) is 0 Å². The Morgan fingerprint density at radius 1 is 1.00 bits per heavy atom. The Morgan fingerprint density at radius 2 is 1.67 bits per heavy atom. The van der Waals surface area contributed by atoms with E-state index in [1.165, 1.54) is 10.4 Å². The molecule has 1 aromatic carbocycles. The van der Waals surface area contributed by atoms with Crippen molar-refractivity contribution >= 4 is 15.9 Å². The lowest BCUT2D eigenvalue weighted by Gasteiger charge is -2.35. The highest BCUT2D eigenvalue weighted by Crippen LogP contribution is 2.24. The van der Waals surface area contributed by atoms with Gasteiger partial charge in [0.2, 0.25) is 10.0 Å². The van der Waals surface area contributed by atoms with Crippen molar-refractivity contribution in [3.05, 3.63) is 29.6 Å². The van der Waals surface area contributed by atoms with Gasteiger partial charge in [-0.05, 0) is 37.5 Å². The Hall–Kier alpha value is -1.76. The van der Waals surface area contributed by atoms with Gasteiger partial charge < -0.3 is 9.64 Å². The van der Waals surface area contributed by atoms with Crippen molar-refractivity contribution in [2.45, 2.75) is 36.8 Å². The van der Waals surface area contributed by atoms with Crippen molar-refractivity contribution in [2.24, 2.45) is 0 Å². The third-order valence-electron chi connectivity index (χ3n) is 5.80. The van der Waals surface area contributed by atoms with Gasteiger partial charge in [-0.3, -0.25) is 9.69 Å². The Balaban J connectivity index is 1.54. The molecule has 12 heteroatoms. The summed E-state index contributed by atoms with van der Waals surface area (Å²) < 4.78 is 82.3. The molecule has 0 spiro atoms. The number of carbonyl (C=O) groups excluding carboxylic acids is 1. The quantitative estimate of drug-likeness (QED) is 0.410. The molecule has 2 heterocycles. The minimum atomic E-state index is -4.33. The first kappa shape index (κ1) is 25.9. The highest BCUT2D eigenvalue weighted by molar-refractivity contribution is 7.89. The highest BCUT2D eigenvalue weighted by Gasteiger charge is 2.31. The number of halogens is 4. The van der Waals surface area contributed by atoms with Crippen molar-refractivity contribution in [2.75, 3.05) is 59.0 Å². The van der Waals surface area contributed by atoms with Crippen LogP contribution in [0.3, 0.4) is 0 Å². The molecule has 2 aliphatic rings. The third kappa shape index (κ3) is 7.11. The predicted octanol–water partition coefficient (Wildman–Crippen LogP) is 2.73. The van der Waals surface area contributed by atoms with Crippen LogP contribution < -0.4 is 0 Å². The summed E-state index contributed by atoms with van der Waals surface area (Å²) in [6, 6.07) is 3.42. The first-order valence-electron chi connectivity index (χ1n) is 11.0. The van der Waals surface area contributed by atoms with Crippen molar-refractivity contribution in [3.63, 3.8) is 0 Å². The number of nitrogens with zero attached hydrogens (tertiary/aromatic N) is 3. The number of piperazine rings is 1. The maximum Gasteiger partial charge on any atom is 0.411 e. The fourth-order valence-electron chi connectivity index (χ4n) is 4.01. The lowest BCUT2D eigenvalue weighted by atomic mass is 10.1. The van der Waals surface area contributed by atoms with Gasteiger partial charge in [0.05, 0.1) is 0 Å². The van der Waals surface area contributed by atoms with E-state index in [-0.39, 0.29) is 18.1 Å². The normalized spacial score (nSPS) is 19.1. The fraction of sp³-hybridized carbons (Fsp3) is 0.667. The van der Waals surface area contributed by atoms with Crippen LogP contribution in [0.1, 0.15) is 36.0 Å². The lowest BCUT2D eigenvalue weighted by Crippen LogP contribution is -2.49. The summed E-state index contributed by atoms with van der Waals surface area (Å²) in [5, 5.41) is 0. The molecule has 2 aliphatic heterocycles. The molecule has 3 rings (SSSR count). The molecule has 1 aromatic rings. The average molecular weight is 496 g/mol. The van der Waals surface area contributed by atoms with Crippen LogP contribution in [0.25, 0.3) is 0 Å². The molecule has 0 saturated carbocycles. The molecule has 0 atom stereocenters. The molecule has 1 amide bonds. The summed E-state index contributed by atoms with van der Waals surface area (Å²) in [5.74, 6) is -1.26. The van der Waals surface area contributed by atoms with E-state index in [1.54, 1.807) is 4.90 Å². The summed E-state index contributed by atoms with van der Waals surface area (Å²) >= 11 is 0. The molecule has 0 aliphatic carbocycles. The monoisotopic (exact) mass is 495 g/mol. The molecule has 2 fully saturated rings. The van der Waals surface area contributed by atoms with E-state index in [9.17, 15) is 30.8 Å². The Kier molecular flexibility index (Phi) is 8.70. The lowest BCUT2D eigenvalue weighted by molar-refractivity contribution is -0.174. The molecule has 0 N–H and O–H groups in total. The maximum atomic E-state index is 14.4. The maximum absolute atomic E-state index is 14.4. The van der Waals surface area contributed by atoms with Crippen LogP contribution in [0, 0.1) is 5.82 Å². The standard InChI is InChI=1S/C21H29F4N3O4S/c22-18-6-5-17(15-19(18)33(30,31)28-8-2-1-3-9-28)20(29)27-12-10-26(11-13-27)7-4-14-32-16-21(23,24)25/h5-6,15H,1-4,7-14,16H2. The van der Waals surface area contributed by atoms with E-state index >= 15 is 0 Å². The predicted molar refractivity (Wildman–Crippen MR) is 113 cm³/mol. The SMILES string of the molecule is O=C(c1ccc(F)c(S(=O)(=O)N2CCCCC2)c1)N1CCN(CCCOCC(F)(F)F)CC1. The van der Waals surface area contributed by atoms with Crippen molar-refractivity contribution in [1.82, 2.24) is 14.1 Å². The number of amides is 1. The van der Waals surface area contributed by atoms with Gasteiger partial charge in [0, 0.05) is 58.0 Å². The largest absolute Gasteiger partial charge is 0.411 e. The fourth-order valence-corrected chi connectivity index (χ4v) is 5.62. The van der Waals surface area contributed by atoms with E-state index in [4.69, 9.17) is 0 Å². The Morgan fingerprint density at radius 3 is 2.30 bits per heavy atom. The summed E-state index contributed by atoms with van der Waals surface area (Å²) in [5.41, 5.74) is 0.112. The van der Waals surface area contributed by atoms with E-state index in [1.807, 2.05) is 4.90 Å². The van der Waals surface area contributed by atoms with Crippen LogP contribution in [0.2, 0.25) is 0 Å². The van der Waals surface area contributed by atoms with E-state index < -0.39 is 33.5 Å². The second-order valence-corrected chi connectivity index (χ2v) is 10.2. The van der Waals surface area contributed by atoms with Gasteiger partial charge in [-0.25, -0.2) is 12.8 Å². The second-order valence-electron chi connectivity index (χ2n) is 8.27. The van der Waals surface area contributed by atoms with Gasteiger partial charge in [0.25, 0.3) is 5.91 Å². The zero-order valence-electron chi connectivity index (χ0n) is 18.3. The number of hydrogen-bond donors (Lipinski definition) is 0. The number of rotatable bonds is 8. The molecule has 186 valence electrons. The highest BCUT2D eigenvalue weighted by atomic mass is 32.2. The molecule has 2 saturated heterocycles. The van der Waals surface area contributed by atoms with Gasteiger partial charge in [-0.15, -0.1) is 0 Å². The summed E-state index contributed by atoms with van der Waals surface area (Å²) in [6.07, 6.45) is -1.52. The molecular formula is C21H29F4N3O4S. The molecule has 0 radical (unpaired) electrons. The van der Waals surface area contributed by atoms with Crippen molar-refractivity contribution < 1.29 is 35.5 Å². The topological polar surface area (TPSA) is 70.2 Å². The third-order valence-corrected chi connectivity index (χ3v) is 7.71. The molecule has 0 aromatic heterocycles. The number of ether oxygens (including phenoxy) is 1. The molecular weight excluding hydrogens is 466 g/mol. The molecule has 33 heavy (non-hydrogen) atoms. The van der Waals surface area contributed by atoms with E-state index in [0.29, 0.717) is 52.2 Å². The minimum Gasteiger partial charge on any atom is -0.372 e. The van der Waals surface area contributed by atoms with Crippen LogP contribution in [0.15, 0.2) is 23.1 Å². The number of benzene rings is 1. The van der Waals surface area contributed by atoms with Crippen LogP contribution >= 0.6 is 0 Å². The molecule has 0 unspecified atom stereocenters. The van der Waals surface area contributed by atoms with Crippen molar-refractivity contribution in [3.8, 4) is 0 Å². The number of alkyl halides is 3. The Labute approximate surface area is 191 Å². The first-order chi connectivity index (χ1) is 15.6. The van der Waals surface area contributed by atoms with Crippen LogP contribution in [0.5, 0.6) is 0 Å². The molecule has 0 bridgehead atoms. The van der Waals surface area contributed by atoms with Gasteiger partial charge in [-0.2, -0.15) is 17.5 Å². The smallest absolute Gasteiger partial charge is 0.372 e. The number of hydrogen-bond acceptors (Lipinski definition) is 5. The number of piperidine rings is 1. The van der Waals surface area contributed by atoms with Gasteiger partial charge in [0.1, 0.15) is 17.3 Å². The van der Waals surface area contributed by atoms with E-state index in [2.05, 4.69) is 4.74 Å². The zero-order valence-corrected chi connectivity index (χ0v) is 19.1. The summed E-state index contributed by atoms with van der Waals surface area (Å²) in [6.45, 7) is 1.80. The van der Waals surface area contributed by atoms with Crippen molar-refractivity contribution in [1.29, 1.82) is 0 Å². The van der Waals surface area contributed by atoms with Crippen LogP contribution in [-0.4, -0.2) is 93.6 Å². The minimum absolute atomic E-state index is 0.00248. The first-order valence-corrected chi connectivity index (χ1v) is 12.5. The van der Waals surface area contributed by atoms with Gasteiger partial charge in [-0.1, -0.05) is 6.42 Å². The van der Waals surface area contributed by atoms with Gasteiger partial charge >= 0.3 is 6.18 Å². The zero-order chi connectivity index (χ0) is 24.1. The number of carbonyl (C=O) groups is 1. The van der Waals surface area contributed by atoms with Crippen LogP contribution in [0.4, 0.5) is 17.6 Å². The summed E-state index contributed by atoms with van der Waals surface area (Å²) in [7, 11) is -4.02. The van der Waals surface area contributed by atoms with E-state index in [0.717, 1.165) is 31.4 Å². The molecule has 7 nitrogen and oxygen atoms in total. The van der Waals surface area contributed by atoms with Crippen LogP contribution in [-0.2, 0) is 14.8 Å². The number of sulfonamides is 1. The average Bonchev–Trinajstić information content (AvgIpc) is 2.79.